The Labute approximate surface area is 181 Å². The molecule has 0 aromatic carbocycles. The van der Waals surface area contributed by atoms with E-state index in [2.05, 4.69) is 25.2 Å². The van der Waals surface area contributed by atoms with Crippen LogP contribution in [-0.4, -0.2) is 39.1 Å². The molecule has 0 spiro atoms. The molecule has 0 amide bonds. The average molecular weight is 432 g/mol. The molecule has 0 bridgehead atoms. The molecular formula is C20H20N10O2. The van der Waals surface area contributed by atoms with E-state index < -0.39 is 11.1 Å². The van der Waals surface area contributed by atoms with Gasteiger partial charge in [-0.15, -0.1) is 4.68 Å². The number of rotatable bonds is 5. The van der Waals surface area contributed by atoms with Crippen LogP contribution in [0, 0.1) is 17.9 Å². The van der Waals surface area contributed by atoms with E-state index in [0.717, 1.165) is 0 Å². The predicted octanol–water partition coefficient (Wildman–Crippen LogP) is 1.63. The predicted molar refractivity (Wildman–Crippen MR) is 114 cm³/mol. The van der Waals surface area contributed by atoms with Crippen molar-refractivity contribution < 1.29 is 0 Å². The Morgan fingerprint density at radius 1 is 0.938 bits per heavy atom. The van der Waals surface area contributed by atoms with Crippen LogP contribution in [0.2, 0.25) is 0 Å². The second-order valence-electron chi connectivity index (χ2n) is 8.24. The summed E-state index contributed by atoms with van der Waals surface area (Å²) in [4.78, 5) is 27.5. The van der Waals surface area contributed by atoms with Gasteiger partial charge in [0.05, 0.1) is 11.1 Å². The van der Waals surface area contributed by atoms with Crippen molar-refractivity contribution in [3.05, 3.63) is 74.5 Å². The second-order valence-corrected chi connectivity index (χ2v) is 8.24. The van der Waals surface area contributed by atoms with Gasteiger partial charge in [-0.2, -0.15) is 20.1 Å². The van der Waals surface area contributed by atoms with Crippen molar-refractivity contribution in [3.63, 3.8) is 0 Å². The number of hydrogen-bond donors (Lipinski definition) is 2. The molecule has 4 rings (SSSR count). The molecule has 4 aromatic rings. The van der Waals surface area contributed by atoms with Gasteiger partial charge in [-0.3, -0.25) is 24.1 Å². The summed E-state index contributed by atoms with van der Waals surface area (Å²) in [6.07, 6.45) is 3.50. The Balaban J connectivity index is 1.70. The lowest BCUT2D eigenvalue weighted by Gasteiger charge is -2.41. The molecule has 0 radical (unpaired) electrons. The summed E-state index contributed by atoms with van der Waals surface area (Å²) >= 11 is 0. The van der Waals surface area contributed by atoms with E-state index in [0.29, 0.717) is 11.6 Å². The van der Waals surface area contributed by atoms with E-state index >= 15 is 0 Å². The van der Waals surface area contributed by atoms with E-state index in [1.54, 1.807) is 33.9 Å². The Bertz CT molecular complexity index is 1390. The fraction of sp³-hybridized carbons (Fsp3) is 0.300. The second kappa shape index (κ2) is 6.99. The first-order valence-corrected chi connectivity index (χ1v) is 9.63. The van der Waals surface area contributed by atoms with Gasteiger partial charge in [0.1, 0.15) is 11.8 Å². The quantitative estimate of drug-likeness (QED) is 0.461. The molecule has 0 atom stereocenters. The summed E-state index contributed by atoms with van der Waals surface area (Å²) in [5, 5.41) is 23.5. The summed E-state index contributed by atoms with van der Waals surface area (Å²) in [6, 6.07) is 7.68. The summed E-state index contributed by atoms with van der Waals surface area (Å²) in [6.45, 7) is 14.9. The zero-order chi connectivity index (χ0) is 23.3. The highest BCUT2D eigenvalue weighted by Crippen LogP contribution is 2.35. The average Bonchev–Trinajstić information content (AvgIpc) is 3.53. The number of nitrogens with zero attached hydrogens (tertiary/aromatic N) is 8. The van der Waals surface area contributed by atoms with Gasteiger partial charge >= 0.3 is 0 Å². The van der Waals surface area contributed by atoms with Crippen LogP contribution in [0.3, 0.4) is 0 Å². The van der Waals surface area contributed by atoms with Crippen LogP contribution < -0.4 is 11.1 Å². The monoisotopic (exact) mass is 432 g/mol. The molecule has 0 saturated heterocycles. The van der Waals surface area contributed by atoms with Crippen LogP contribution in [0.15, 0.2) is 46.2 Å². The molecule has 0 fully saturated rings. The smallest absolute Gasteiger partial charge is 0.277 e. The van der Waals surface area contributed by atoms with Gasteiger partial charge in [-0.05, 0) is 27.7 Å². The van der Waals surface area contributed by atoms with Gasteiger partial charge in [0.25, 0.3) is 16.9 Å². The van der Waals surface area contributed by atoms with Crippen LogP contribution in [0.5, 0.6) is 0 Å². The van der Waals surface area contributed by atoms with Crippen LogP contribution in [0.25, 0.3) is 16.5 Å². The standard InChI is InChI=1S/C20H20N10O2/c1-19(2,27-8-6-15(25-27)29-17(31)10-13(12-21)23-29)20(3,4)28-9-7-16(26-28)30-18(32)11-14(22-5)24-30/h6-11,23-24H,1-4H3. The zero-order valence-corrected chi connectivity index (χ0v) is 17.9. The largest absolute Gasteiger partial charge is 0.362 e. The SMILES string of the molecule is [C-]#[N+]c1cc(=O)n(-c2ccn(C(C)(C)C(C)(C)n3ccc(-n4[nH]c(C#N)cc4=O)n3)n2)[nH]1. The number of nitriles is 1. The molecule has 0 aliphatic heterocycles. The number of hydrogen-bond acceptors (Lipinski definition) is 5. The lowest BCUT2D eigenvalue weighted by molar-refractivity contribution is 0.0983. The van der Waals surface area contributed by atoms with Gasteiger partial charge in [0.15, 0.2) is 11.6 Å². The maximum Gasteiger partial charge on any atom is 0.277 e. The van der Waals surface area contributed by atoms with Crippen LogP contribution in [0.4, 0.5) is 5.82 Å². The van der Waals surface area contributed by atoms with Gasteiger partial charge in [0, 0.05) is 36.7 Å². The normalized spacial score (nSPS) is 11.9. The minimum Gasteiger partial charge on any atom is -0.362 e. The van der Waals surface area contributed by atoms with E-state index in [9.17, 15) is 9.59 Å². The van der Waals surface area contributed by atoms with E-state index in [1.165, 1.54) is 21.5 Å². The molecule has 2 N–H and O–H groups in total. The molecule has 0 unspecified atom stereocenters. The zero-order valence-electron chi connectivity index (χ0n) is 17.9. The molecule has 0 saturated carbocycles. The highest BCUT2D eigenvalue weighted by molar-refractivity contribution is 5.35. The first kappa shape index (κ1) is 20.7. The number of nitrogens with one attached hydrogen (secondary N) is 2. The van der Waals surface area contributed by atoms with Gasteiger partial charge < -0.3 is 4.85 Å². The number of H-pyrrole nitrogens is 2. The molecule has 162 valence electrons. The number of aromatic nitrogens is 8. The van der Waals surface area contributed by atoms with Crippen molar-refractivity contribution in [2.45, 2.75) is 38.8 Å². The van der Waals surface area contributed by atoms with Crippen molar-refractivity contribution >= 4 is 5.82 Å². The molecule has 4 heterocycles. The van der Waals surface area contributed by atoms with Crippen molar-refractivity contribution in [1.82, 2.24) is 39.1 Å². The lowest BCUT2D eigenvalue weighted by atomic mass is 9.83. The van der Waals surface area contributed by atoms with E-state index in [1.807, 2.05) is 33.8 Å². The van der Waals surface area contributed by atoms with Crippen LogP contribution in [0.1, 0.15) is 33.4 Å². The first-order chi connectivity index (χ1) is 15.1. The molecule has 12 heteroatoms. The fourth-order valence-electron chi connectivity index (χ4n) is 3.28. The highest BCUT2D eigenvalue weighted by Gasteiger charge is 2.42. The summed E-state index contributed by atoms with van der Waals surface area (Å²) < 4.78 is 5.87. The maximum absolute atomic E-state index is 12.1. The van der Waals surface area contributed by atoms with Crippen LogP contribution in [-0.2, 0) is 11.1 Å². The van der Waals surface area contributed by atoms with E-state index in [4.69, 9.17) is 11.8 Å². The Hall–Kier alpha value is -4.58. The highest BCUT2D eigenvalue weighted by atomic mass is 16.1. The Morgan fingerprint density at radius 3 is 1.88 bits per heavy atom. The molecule has 32 heavy (non-hydrogen) atoms. The third kappa shape index (κ3) is 3.06. The van der Waals surface area contributed by atoms with Crippen LogP contribution >= 0.6 is 0 Å². The molecule has 0 aliphatic carbocycles. The third-order valence-electron chi connectivity index (χ3n) is 5.92. The first-order valence-electron chi connectivity index (χ1n) is 9.63. The van der Waals surface area contributed by atoms with E-state index in [-0.39, 0.29) is 22.6 Å². The van der Waals surface area contributed by atoms with Gasteiger partial charge in [0.2, 0.25) is 0 Å². The topological polar surface area (TPSA) is 139 Å². The maximum atomic E-state index is 12.1. The molecule has 0 aliphatic rings. The van der Waals surface area contributed by atoms with Gasteiger partial charge in [-0.1, -0.05) is 6.57 Å². The molecular weight excluding hydrogens is 412 g/mol. The van der Waals surface area contributed by atoms with Gasteiger partial charge in [-0.25, -0.2) is 5.10 Å². The van der Waals surface area contributed by atoms with Crippen molar-refractivity contribution in [1.29, 1.82) is 5.26 Å². The Kier molecular flexibility index (Phi) is 4.52. The van der Waals surface area contributed by atoms with Crippen molar-refractivity contribution in [2.75, 3.05) is 0 Å². The molecule has 4 aromatic heterocycles. The Morgan fingerprint density at radius 2 is 1.44 bits per heavy atom. The van der Waals surface area contributed by atoms with Crippen molar-refractivity contribution in [2.24, 2.45) is 0 Å². The number of aromatic amines is 2. The molecule has 12 nitrogen and oxygen atoms in total. The van der Waals surface area contributed by atoms with Crippen molar-refractivity contribution in [3.8, 4) is 17.7 Å². The lowest BCUT2D eigenvalue weighted by Crippen LogP contribution is -2.50. The minimum absolute atomic E-state index is 0.132. The summed E-state index contributed by atoms with van der Waals surface area (Å²) in [5.41, 5.74) is -1.87. The fourth-order valence-corrected chi connectivity index (χ4v) is 3.28. The summed E-state index contributed by atoms with van der Waals surface area (Å²) in [5.74, 6) is 0.843. The third-order valence-corrected chi connectivity index (χ3v) is 5.92. The summed E-state index contributed by atoms with van der Waals surface area (Å²) in [7, 11) is 0. The minimum atomic E-state index is -0.634.